The molecule has 1 saturated heterocycles. The Hall–Kier alpha value is -1.71. The number of piperazine rings is 1. The third-order valence-corrected chi connectivity index (χ3v) is 7.05. The van der Waals surface area contributed by atoms with Gasteiger partial charge >= 0.3 is 5.97 Å². The van der Waals surface area contributed by atoms with Gasteiger partial charge in [0.2, 0.25) is 10.0 Å². The number of esters is 1. The predicted octanol–water partition coefficient (Wildman–Crippen LogP) is 1.51. The Bertz CT molecular complexity index is 855. The molecule has 1 amide bonds. The van der Waals surface area contributed by atoms with Gasteiger partial charge in [-0.05, 0) is 30.5 Å². The number of benzene rings is 1. The molecule has 1 heterocycles. The lowest BCUT2D eigenvalue weighted by Gasteiger charge is -2.33. The summed E-state index contributed by atoms with van der Waals surface area (Å²) in [4.78, 5) is 25.2. The van der Waals surface area contributed by atoms with E-state index in [1.807, 2.05) is 6.92 Å². The van der Waals surface area contributed by atoms with Crippen LogP contribution < -0.4 is 0 Å². The zero-order chi connectivity index (χ0) is 19.8. The van der Waals surface area contributed by atoms with Crippen molar-refractivity contribution in [3.05, 3.63) is 29.0 Å². The lowest BCUT2D eigenvalue weighted by Crippen LogP contribution is -2.51. The molecule has 3 rings (SSSR count). The van der Waals surface area contributed by atoms with Crippen molar-refractivity contribution in [2.75, 3.05) is 32.8 Å². The van der Waals surface area contributed by atoms with Gasteiger partial charge in [-0.2, -0.15) is 4.31 Å². The third-order valence-electron chi connectivity index (χ3n) is 4.87. The number of nitrogens with zero attached hydrogens (tertiary/aromatic N) is 2. The van der Waals surface area contributed by atoms with Crippen LogP contribution in [0.15, 0.2) is 23.1 Å². The Balaban J connectivity index is 1.53. The fourth-order valence-electron chi connectivity index (χ4n) is 2.95. The van der Waals surface area contributed by atoms with Crippen LogP contribution in [0.1, 0.15) is 13.3 Å². The molecular formula is C17H20ClFN2O5S. The quantitative estimate of drug-likeness (QED) is 0.677. The highest BCUT2D eigenvalue weighted by Crippen LogP contribution is 2.38. The number of hydrogen-bond acceptors (Lipinski definition) is 5. The van der Waals surface area contributed by atoms with E-state index in [1.165, 1.54) is 9.21 Å². The van der Waals surface area contributed by atoms with E-state index in [2.05, 4.69) is 0 Å². The van der Waals surface area contributed by atoms with Crippen molar-refractivity contribution in [1.29, 1.82) is 0 Å². The molecule has 2 atom stereocenters. The second-order valence-electron chi connectivity index (χ2n) is 6.79. The summed E-state index contributed by atoms with van der Waals surface area (Å²) in [5.74, 6) is -1.20. The van der Waals surface area contributed by atoms with Crippen LogP contribution in [-0.2, 0) is 24.3 Å². The monoisotopic (exact) mass is 418 g/mol. The molecule has 148 valence electrons. The van der Waals surface area contributed by atoms with E-state index in [9.17, 15) is 22.4 Å². The zero-order valence-corrected chi connectivity index (χ0v) is 16.3. The van der Waals surface area contributed by atoms with Gasteiger partial charge in [0, 0.05) is 26.2 Å². The van der Waals surface area contributed by atoms with Crippen molar-refractivity contribution in [2.24, 2.45) is 11.8 Å². The van der Waals surface area contributed by atoms with Gasteiger partial charge in [-0.25, -0.2) is 12.8 Å². The molecule has 0 N–H and O–H groups in total. The number of hydrogen-bond donors (Lipinski definition) is 0. The average Bonchev–Trinajstić information content (AvgIpc) is 3.38. The average molecular weight is 419 g/mol. The summed E-state index contributed by atoms with van der Waals surface area (Å²) in [7, 11) is -3.83. The first-order chi connectivity index (χ1) is 12.7. The van der Waals surface area contributed by atoms with E-state index < -0.39 is 15.8 Å². The number of sulfonamides is 1. The topological polar surface area (TPSA) is 84.0 Å². The molecule has 2 fully saturated rings. The van der Waals surface area contributed by atoms with E-state index in [0.717, 1.165) is 24.6 Å². The van der Waals surface area contributed by atoms with Crippen LogP contribution in [0.3, 0.4) is 0 Å². The fourth-order valence-corrected chi connectivity index (χ4v) is 4.64. The summed E-state index contributed by atoms with van der Waals surface area (Å²) >= 11 is 5.67. The van der Waals surface area contributed by atoms with E-state index >= 15 is 0 Å². The van der Waals surface area contributed by atoms with Gasteiger partial charge in [0.15, 0.2) is 6.61 Å². The Morgan fingerprint density at radius 1 is 1.26 bits per heavy atom. The van der Waals surface area contributed by atoms with Crippen molar-refractivity contribution in [3.63, 3.8) is 0 Å². The maximum absolute atomic E-state index is 13.3. The highest BCUT2D eigenvalue weighted by molar-refractivity contribution is 7.89. The van der Waals surface area contributed by atoms with Crippen LogP contribution in [0.2, 0.25) is 5.02 Å². The molecule has 1 aliphatic carbocycles. The molecule has 0 aromatic heterocycles. The van der Waals surface area contributed by atoms with Crippen molar-refractivity contribution >= 4 is 33.5 Å². The first-order valence-corrected chi connectivity index (χ1v) is 10.4. The first kappa shape index (κ1) is 20.0. The Morgan fingerprint density at radius 2 is 1.89 bits per heavy atom. The van der Waals surface area contributed by atoms with Crippen LogP contribution in [0.25, 0.3) is 0 Å². The Labute approximate surface area is 162 Å². The summed E-state index contributed by atoms with van der Waals surface area (Å²) in [6.07, 6.45) is 0.789. The maximum atomic E-state index is 13.3. The Morgan fingerprint density at radius 3 is 2.44 bits per heavy atom. The lowest BCUT2D eigenvalue weighted by atomic mass is 10.3. The van der Waals surface area contributed by atoms with Crippen molar-refractivity contribution in [3.8, 4) is 0 Å². The summed E-state index contributed by atoms with van der Waals surface area (Å²) in [5.41, 5.74) is 0. The summed E-state index contributed by atoms with van der Waals surface area (Å²) in [6.45, 7) is 2.17. The molecule has 1 aliphatic heterocycles. The molecule has 10 heteroatoms. The molecule has 2 aliphatic rings. The standard InChI is InChI=1S/C17H20ClFN2O5S/c1-11-8-13(11)17(23)26-10-16(22)20-4-6-21(7-5-20)27(24,25)12-2-3-15(19)14(18)9-12/h2-3,9,11,13H,4-8,10H2,1H3/t11-,13-/m1/s1. The minimum Gasteiger partial charge on any atom is -0.455 e. The van der Waals surface area contributed by atoms with Crippen LogP contribution in [0.5, 0.6) is 0 Å². The second kappa shape index (κ2) is 7.73. The van der Waals surface area contributed by atoms with Gasteiger partial charge < -0.3 is 9.64 Å². The number of amides is 1. The molecule has 1 aromatic carbocycles. The second-order valence-corrected chi connectivity index (χ2v) is 9.13. The molecule has 1 saturated carbocycles. The Kier molecular flexibility index (Phi) is 5.73. The zero-order valence-electron chi connectivity index (χ0n) is 14.7. The van der Waals surface area contributed by atoms with Gasteiger partial charge in [-0.3, -0.25) is 9.59 Å². The van der Waals surface area contributed by atoms with Crippen LogP contribution in [-0.4, -0.2) is 62.3 Å². The molecule has 0 radical (unpaired) electrons. The fraction of sp³-hybridized carbons (Fsp3) is 0.529. The number of rotatable bonds is 5. The van der Waals surface area contributed by atoms with E-state index in [-0.39, 0.29) is 60.5 Å². The summed E-state index contributed by atoms with van der Waals surface area (Å²) in [6, 6.07) is 3.23. The largest absolute Gasteiger partial charge is 0.455 e. The lowest BCUT2D eigenvalue weighted by molar-refractivity contribution is -0.153. The molecule has 0 unspecified atom stereocenters. The number of carbonyl (C=O) groups excluding carboxylic acids is 2. The van der Waals surface area contributed by atoms with Crippen LogP contribution in [0.4, 0.5) is 4.39 Å². The van der Waals surface area contributed by atoms with Crippen LogP contribution in [0, 0.1) is 17.7 Å². The van der Waals surface area contributed by atoms with Gasteiger partial charge in [0.25, 0.3) is 5.91 Å². The molecule has 7 nitrogen and oxygen atoms in total. The third kappa shape index (κ3) is 4.41. The summed E-state index contributed by atoms with van der Waals surface area (Å²) < 4.78 is 44.8. The number of halogens is 2. The smallest absolute Gasteiger partial charge is 0.309 e. The van der Waals surface area contributed by atoms with Gasteiger partial charge in [0.1, 0.15) is 5.82 Å². The van der Waals surface area contributed by atoms with Crippen LogP contribution >= 0.6 is 11.6 Å². The SMILES string of the molecule is C[C@@H]1C[C@H]1C(=O)OCC(=O)N1CCN(S(=O)(=O)c2ccc(F)c(Cl)c2)CC1. The highest BCUT2D eigenvalue weighted by atomic mass is 35.5. The first-order valence-electron chi connectivity index (χ1n) is 8.60. The maximum Gasteiger partial charge on any atom is 0.309 e. The normalized spacial score (nSPS) is 23.1. The molecular weight excluding hydrogens is 399 g/mol. The number of ether oxygens (including phenoxy) is 1. The van der Waals surface area contributed by atoms with Gasteiger partial charge in [-0.1, -0.05) is 18.5 Å². The molecule has 1 aromatic rings. The molecule has 0 bridgehead atoms. The molecule has 27 heavy (non-hydrogen) atoms. The van der Waals surface area contributed by atoms with E-state index in [1.54, 1.807) is 0 Å². The van der Waals surface area contributed by atoms with E-state index in [0.29, 0.717) is 5.92 Å². The number of carbonyl (C=O) groups is 2. The predicted molar refractivity (Wildman–Crippen MR) is 95.0 cm³/mol. The molecule has 0 spiro atoms. The highest BCUT2D eigenvalue weighted by Gasteiger charge is 2.41. The minimum absolute atomic E-state index is 0.0939. The summed E-state index contributed by atoms with van der Waals surface area (Å²) in [5, 5.41) is -0.267. The van der Waals surface area contributed by atoms with E-state index in [4.69, 9.17) is 16.3 Å². The van der Waals surface area contributed by atoms with Crippen molar-refractivity contribution in [1.82, 2.24) is 9.21 Å². The van der Waals surface area contributed by atoms with Gasteiger partial charge in [0.05, 0.1) is 15.8 Å². The van der Waals surface area contributed by atoms with Crippen molar-refractivity contribution in [2.45, 2.75) is 18.2 Å². The van der Waals surface area contributed by atoms with Gasteiger partial charge in [-0.15, -0.1) is 0 Å². The minimum atomic E-state index is -3.83. The van der Waals surface area contributed by atoms with Crippen molar-refractivity contribution < 1.29 is 27.1 Å².